The van der Waals surface area contributed by atoms with E-state index in [4.69, 9.17) is 0 Å². The Hall–Kier alpha value is -1.99. The van der Waals surface area contributed by atoms with E-state index in [0.29, 0.717) is 24.8 Å². The lowest BCUT2D eigenvalue weighted by Crippen LogP contribution is -2.26. The first-order valence-corrected chi connectivity index (χ1v) is 6.65. The Morgan fingerprint density at radius 1 is 1.33 bits per heavy atom. The number of hydrogen-bond acceptors (Lipinski definition) is 5. The highest BCUT2D eigenvalue weighted by Gasteiger charge is 2.36. The third kappa shape index (κ3) is 2.62. The van der Waals surface area contributed by atoms with Gasteiger partial charge in [-0.15, -0.1) is 0 Å². The van der Waals surface area contributed by atoms with Crippen LogP contribution in [0, 0.1) is 5.92 Å². The Balaban J connectivity index is 1.96. The molecule has 1 aromatic heterocycles. The maximum atomic E-state index is 13.0. The summed E-state index contributed by atoms with van der Waals surface area (Å²) in [5, 5.41) is 3.15. The molecule has 1 aromatic rings. The summed E-state index contributed by atoms with van der Waals surface area (Å²) in [5.41, 5.74) is 0.314. The minimum atomic E-state index is -4.47. The van der Waals surface area contributed by atoms with E-state index in [1.807, 2.05) is 11.1 Å². The summed E-state index contributed by atoms with van der Waals surface area (Å²) >= 11 is 0. The Morgan fingerprint density at radius 2 is 2.10 bits per heavy atom. The molecule has 21 heavy (non-hydrogen) atoms. The summed E-state index contributed by atoms with van der Waals surface area (Å²) in [6.45, 7) is 2.13. The molecule has 8 heteroatoms. The maximum Gasteiger partial charge on any atom is 0.433 e. The van der Waals surface area contributed by atoms with Gasteiger partial charge in [-0.3, -0.25) is 0 Å². The van der Waals surface area contributed by atoms with Crippen molar-refractivity contribution in [3.05, 3.63) is 23.5 Å². The molecule has 0 aliphatic carbocycles. The molecule has 5 nitrogen and oxygen atoms in total. The number of anilines is 2. The van der Waals surface area contributed by atoms with Crippen LogP contribution in [0.1, 0.15) is 5.69 Å². The van der Waals surface area contributed by atoms with Gasteiger partial charge in [-0.2, -0.15) is 18.2 Å². The van der Waals surface area contributed by atoms with Crippen molar-refractivity contribution in [3.63, 3.8) is 0 Å². The SMILES string of the molecule is CN(C)c1nc(N2CC3=CNCC3C2)cc(C(F)(F)F)n1. The Bertz CT molecular complexity index is 582. The van der Waals surface area contributed by atoms with Crippen LogP contribution in [-0.2, 0) is 6.18 Å². The van der Waals surface area contributed by atoms with Gasteiger partial charge in [0, 0.05) is 45.7 Å². The zero-order chi connectivity index (χ0) is 15.2. The van der Waals surface area contributed by atoms with Gasteiger partial charge >= 0.3 is 6.18 Å². The number of nitrogens with one attached hydrogen (secondary N) is 1. The molecule has 114 valence electrons. The number of alkyl halides is 3. The topological polar surface area (TPSA) is 44.3 Å². The molecule has 3 rings (SSSR count). The van der Waals surface area contributed by atoms with E-state index in [0.717, 1.165) is 12.6 Å². The Labute approximate surface area is 120 Å². The lowest BCUT2D eigenvalue weighted by molar-refractivity contribution is -0.141. The lowest BCUT2D eigenvalue weighted by Gasteiger charge is -2.21. The van der Waals surface area contributed by atoms with Crippen LogP contribution < -0.4 is 15.1 Å². The number of halogens is 3. The highest BCUT2D eigenvalue weighted by molar-refractivity contribution is 5.50. The molecule has 2 aliphatic rings. The van der Waals surface area contributed by atoms with Crippen molar-refractivity contribution in [1.82, 2.24) is 15.3 Å². The van der Waals surface area contributed by atoms with E-state index >= 15 is 0 Å². The quantitative estimate of drug-likeness (QED) is 0.896. The van der Waals surface area contributed by atoms with Crippen molar-refractivity contribution < 1.29 is 13.2 Å². The molecule has 3 heterocycles. The molecule has 0 radical (unpaired) electrons. The fraction of sp³-hybridized carbons (Fsp3) is 0.538. The number of fused-ring (bicyclic) bond motifs is 1. The van der Waals surface area contributed by atoms with Crippen LogP contribution in [0.3, 0.4) is 0 Å². The normalized spacial score (nSPS) is 21.1. The van der Waals surface area contributed by atoms with Gasteiger partial charge < -0.3 is 15.1 Å². The van der Waals surface area contributed by atoms with Crippen LogP contribution in [0.2, 0.25) is 0 Å². The molecule has 1 atom stereocenters. The molecular weight excluding hydrogens is 283 g/mol. The molecule has 1 N–H and O–H groups in total. The van der Waals surface area contributed by atoms with Gasteiger partial charge in [-0.05, 0) is 11.8 Å². The monoisotopic (exact) mass is 299 g/mol. The van der Waals surface area contributed by atoms with Crippen LogP contribution in [-0.4, -0.2) is 43.7 Å². The summed E-state index contributed by atoms with van der Waals surface area (Å²) < 4.78 is 38.9. The molecule has 0 bridgehead atoms. The second kappa shape index (κ2) is 4.78. The van der Waals surface area contributed by atoms with Crippen molar-refractivity contribution in [1.29, 1.82) is 0 Å². The maximum absolute atomic E-state index is 13.0. The molecule has 0 amide bonds. The number of hydrogen-bond donors (Lipinski definition) is 1. The average Bonchev–Trinajstić information content (AvgIpc) is 2.97. The fourth-order valence-corrected chi connectivity index (χ4v) is 2.59. The van der Waals surface area contributed by atoms with Crippen molar-refractivity contribution in [2.24, 2.45) is 5.92 Å². The van der Waals surface area contributed by atoms with Crippen molar-refractivity contribution in [3.8, 4) is 0 Å². The summed E-state index contributed by atoms with van der Waals surface area (Å²) in [6.07, 6.45) is -2.53. The molecule has 1 saturated heterocycles. The number of aromatic nitrogens is 2. The van der Waals surface area contributed by atoms with E-state index in [1.54, 1.807) is 14.1 Å². The van der Waals surface area contributed by atoms with E-state index in [2.05, 4.69) is 15.3 Å². The van der Waals surface area contributed by atoms with E-state index in [-0.39, 0.29) is 5.95 Å². The Morgan fingerprint density at radius 3 is 2.71 bits per heavy atom. The van der Waals surface area contributed by atoms with Gasteiger partial charge in [0.2, 0.25) is 5.95 Å². The van der Waals surface area contributed by atoms with Gasteiger partial charge in [0.05, 0.1) is 0 Å². The molecule has 1 fully saturated rings. The van der Waals surface area contributed by atoms with Crippen LogP contribution in [0.25, 0.3) is 0 Å². The van der Waals surface area contributed by atoms with Crippen molar-refractivity contribution in [2.75, 3.05) is 43.5 Å². The average molecular weight is 299 g/mol. The standard InChI is InChI=1S/C13H16F3N5/c1-20(2)12-18-10(13(14,15)16)3-11(19-12)21-6-8-4-17-5-9(8)7-21/h3-4,9,17H,5-7H2,1-2H3. The second-order valence-electron chi connectivity index (χ2n) is 5.51. The summed E-state index contributed by atoms with van der Waals surface area (Å²) in [6, 6.07) is 1.03. The number of nitrogens with zero attached hydrogens (tertiary/aromatic N) is 4. The Kier molecular flexibility index (Phi) is 3.18. The third-order valence-corrected chi connectivity index (χ3v) is 3.71. The highest BCUT2D eigenvalue weighted by atomic mass is 19.4. The minimum Gasteiger partial charge on any atom is -0.390 e. The van der Waals surface area contributed by atoms with Gasteiger partial charge in [0.15, 0.2) is 5.69 Å². The first-order chi connectivity index (χ1) is 9.84. The zero-order valence-corrected chi connectivity index (χ0v) is 11.8. The molecule has 0 saturated carbocycles. The fourth-order valence-electron chi connectivity index (χ4n) is 2.59. The van der Waals surface area contributed by atoms with Gasteiger partial charge in [-0.25, -0.2) is 4.98 Å². The minimum absolute atomic E-state index is 0.0731. The molecular formula is C13H16F3N5. The van der Waals surface area contributed by atoms with Crippen LogP contribution in [0.15, 0.2) is 17.8 Å². The predicted octanol–water partition coefficient (Wildman–Crippen LogP) is 1.48. The van der Waals surface area contributed by atoms with Gasteiger partial charge in [-0.1, -0.05) is 0 Å². The van der Waals surface area contributed by atoms with E-state index in [9.17, 15) is 13.2 Å². The van der Waals surface area contributed by atoms with Crippen LogP contribution >= 0.6 is 0 Å². The van der Waals surface area contributed by atoms with Gasteiger partial charge in [0.1, 0.15) is 5.82 Å². The first kappa shape index (κ1) is 14.0. The summed E-state index contributed by atoms with van der Waals surface area (Å²) in [5.74, 6) is 0.762. The molecule has 2 aliphatic heterocycles. The predicted molar refractivity (Wildman–Crippen MR) is 73.1 cm³/mol. The zero-order valence-electron chi connectivity index (χ0n) is 11.8. The molecule has 0 aromatic carbocycles. The number of rotatable bonds is 2. The van der Waals surface area contributed by atoms with E-state index in [1.165, 1.54) is 10.5 Å². The van der Waals surface area contributed by atoms with E-state index < -0.39 is 11.9 Å². The summed E-state index contributed by atoms with van der Waals surface area (Å²) in [4.78, 5) is 11.2. The third-order valence-electron chi connectivity index (χ3n) is 3.71. The largest absolute Gasteiger partial charge is 0.433 e. The van der Waals surface area contributed by atoms with Gasteiger partial charge in [0.25, 0.3) is 0 Å². The van der Waals surface area contributed by atoms with Crippen LogP contribution in [0.4, 0.5) is 24.9 Å². The first-order valence-electron chi connectivity index (χ1n) is 6.65. The van der Waals surface area contributed by atoms with Crippen molar-refractivity contribution >= 4 is 11.8 Å². The summed E-state index contributed by atoms with van der Waals surface area (Å²) in [7, 11) is 3.26. The smallest absolute Gasteiger partial charge is 0.390 e. The molecule has 1 unspecified atom stereocenters. The van der Waals surface area contributed by atoms with Crippen LogP contribution in [0.5, 0.6) is 0 Å². The second-order valence-corrected chi connectivity index (χ2v) is 5.51. The van der Waals surface area contributed by atoms with Crippen molar-refractivity contribution in [2.45, 2.75) is 6.18 Å². The highest BCUT2D eigenvalue weighted by Crippen LogP contribution is 2.34. The molecule has 0 spiro atoms. The lowest BCUT2D eigenvalue weighted by atomic mass is 10.1.